The second-order valence-electron chi connectivity index (χ2n) is 3.99. The number of esters is 1. The topological polar surface area (TPSA) is 61.5 Å². The first-order valence-electron chi connectivity index (χ1n) is 5.97. The number of carbonyl (C=O) groups is 1. The number of hydrogen-bond acceptors (Lipinski definition) is 4. The van der Waals surface area contributed by atoms with Crippen molar-refractivity contribution in [3.63, 3.8) is 0 Å². The molecule has 0 saturated carbocycles. The highest BCUT2D eigenvalue weighted by Crippen LogP contribution is 2.33. The van der Waals surface area contributed by atoms with Gasteiger partial charge in [0.05, 0.1) is 17.7 Å². The number of hydrogen-bond donors (Lipinski definition) is 1. The molecule has 0 amide bonds. The standard InChI is InChI=1S/C15H14ClNO3/c1-19-10-6-7-12(14(16)8-10)11-4-2-3-5-13(11)15(18)20-9-17/h2-8H,9,17H2,1H3. The number of halogens is 1. The Hall–Kier alpha value is -2.04. The van der Waals surface area contributed by atoms with Gasteiger partial charge in [0.25, 0.3) is 0 Å². The summed E-state index contributed by atoms with van der Waals surface area (Å²) >= 11 is 6.24. The predicted molar refractivity (Wildman–Crippen MR) is 77.9 cm³/mol. The zero-order valence-corrected chi connectivity index (χ0v) is 11.7. The molecule has 0 spiro atoms. The van der Waals surface area contributed by atoms with Gasteiger partial charge in [0.2, 0.25) is 0 Å². The second kappa shape index (κ2) is 6.41. The van der Waals surface area contributed by atoms with Gasteiger partial charge in [-0.25, -0.2) is 4.79 Å². The summed E-state index contributed by atoms with van der Waals surface area (Å²) < 4.78 is 9.96. The highest BCUT2D eigenvalue weighted by molar-refractivity contribution is 6.33. The highest BCUT2D eigenvalue weighted by atomic mass is 35.5. The smallest absolute Gasteiger partial charge is 0.340 e. The maximum atomic E-state index is 11.9. The number of ether oxygens (including phenoxy) is 2. The Morgan fingerprint density at radius 2 is 1.95 bits per heavy atom. The van der Waals surface area contributed by atoms with E-state index in [1.165, 1.54) is 0 Å². The number of carbonyl (C=O) groups excluding carboxylic acids is 1. The molecular formula is C15H14ClNO3. The molecule has 0 heterocycles. The van der Waals surface area contributed by atoms with E-state index in [0.29, 0.717) is 21.9 Å². The molecule has 104 valence electrons. The van der Waals surface area contributed by atoms with Gasteiger partial charge in [-0.15, -0.1) is 0 Å². The Bertz CT molecular complexity index is 628. The first kappa shape index (κ1) is 14.4. The molecule has 0 aliphatic heterocycles. The van der Waals surface area contributed by atoms with Gasteiger partial charge in [0.15, 0.2) is 0 Å². The molecule has 0 radical (unpaired) electrons. The van der Waals surface area contributed by atoms with Crippen molar-refractivity contribution in [1.82, 2.24) is 0 Å². The molecule has 0 aliphatic rings. The lowest BCUT2D eigenvalue weighted by atomic mass is 9.99. The minimum Gasteiger partial charge on any atom is -0.497 e. The number of rotatable bonds is 4. The molecule has 0 bridgehead atoms. The van der Waals surface area contributed by atoms with E-state index in [1.54, 1.807) is 43.5 Å². The van der Waals surface area contributed by atoms with E-state index in [9.17, 15) is 4.79 Å². The summed E-state index contributed by atoms with van der Waals surface area (Å²) in [6.07, 6.45) is 0. The number of benzene rings is 2. The van der Waals surface area contributed by atoms with Crippen LogP contribution in [0.4, 0.5) is 0 Å². The van der Waals surface area contributed by atoms with Crippen LogP contribution in [0.15, 0.2) is 42.5 Å². The van der Waals surface area contributed by atoms with E-state index in [4.69, 9.17) is 26.8 Å². The average molecular weight is 292 g/mol. The number of methoxy groups -OCH3 is 1. The maximum Gasteiger partial charge on any atom is 0.340 e. The van der Waals surface area contributed by atoms with Crippen molar-refractivity contribution < 1.29 is 14.3 Å². The largest absolute Gasteiger partial charge is 0.497 e. The molecule has 2 aromatic carbocycles. The van der Waals surface area contributed by atoms with E-state index in [2.05, 4.69) is 0 Å². The van der Waals surface area contributed by atoms with Crippen LogP contribution in [0.5, 0.6) is 5.75 Å². The fourth-order valence-electron chi connectivity index (χ4n) is 1.89. The van der Waals surface area contributed by atoms with Gasteiger partial charge >= 0.3 is 5.97 Å². The Labute approximate surface area is 122 Å². The van der Waals surface area contributed by atoms with Crippen molar-refractivity contribution in [2.24, 2.45) is 5.73 Å². The molecule has 0 atom stereocenters. The third kappa shape index (κ3) is 2.92. The van der Waals surface area contributed by atoms with Crippen LogP contribution < -0.4 is 10.5 Å². The summed E-state index contributed by atoms with van der Waals surface area (Å²) in [4.78, 5) is 11.9. The second-order valence-corrected chi connectivity index (χ2v) is 4.40. The lowest BCUT2D eigenvalue weighted by Crippen LogP contribution is -2.13. The zero-order chi connectivity index (χ0) is 14.5. The van der Waals surface area contributed by atoms with Crippen LogP contribution in [0.25, 0.3) is 11.1 Å². The Morgan fingerprint density at radius 1 is 1.20 bits per heavy atom. The van der Waals surface area contributed by atoms with Crippen molar-refractivity contribution in [2.45, 2.75) is 0 Å². The van der Waals surface area contributed by atoms with Crippen LogP contribution in [0.3, 0.4) is 0 Å². The third-order valence-electron chi connectivity index (χ3n) is 2.83. The van der Waals surface area contributed by atoms with Crippen LogP contribution in [0.2, 0.25) is 5.02 Å². The average Bonchev–Trinajstić information content (AvgIpc) is 2.47. The van der Waals surface area contributed by atoms with Crippen LogP contribution in [-0.4, -0.2) is 19.8 Å². The first-order chi connectivity index (χ1) is 9.67. The van der Waals surface area contributed by atoms with Gasteiger partial charge in [-0.2, -0.15) is 0 Å². The number of nitrogens with two attached hydrogens (primary N) is 1. The van der Waals surface area contributed by atoms with Crippen molar-refractivity contribution in [1.29, 1.82) is 0 Å². The zero-order valence-electron chi connectivity index (χ0n) is 10.9. The quantitative estimate of drug-likeness (QED) is 0.694. The van der Waals surface area contributed by atoms with Crippen molar-refractivity contribution in [2.75, 3.05) is 13.8 Å². The minimum atomic E-state index is -0.477. The van der Waals surface area contributed by atoms with Crippen molar-refractivity contribution in [3.05, 3.63) is 53.1 Å². The van der Waals surface area contributed by atoms with E-state index in [0.717, 1.165) is 5.56 Å². The summed E-state index contributed by atoms with van der Waals surface area (Å²) in [5.41, 5.74) is 7.09. The SMILES string of the molecule is COc1ccc(-c2ccccc2C(=O)OCN)c(Cl)c1. The first-order valence-corrected chi connectivity index (χ1v) is 6.35. The Balaban J connectivity index is 2.50. The summed E-state index contributed by atoms with van der Waals surface area (Å²) in [5, 5.41) is 0.498. The van der Waals surface area contributed by atoms with Gasteiger partial charge < -0.3 is 9.47 Å². The molecule has 2 N–H and O–H groups in total. The monoisotopic (exact) mass is 291 g/mol. The molecular weight excluding hydrogens is 278 g/mol. The molecule has 5 heteroatoms. The van der Waals surface area contributed by atoms with Crippen LogP contribution in [0, 0.1) is 0 Å². The molecule has 4 nitrogen and oxygen atoms in total. The van der Waals surface area contributed by atoms with Gasteiger partial charge in [0, 0.05) is 5.56 Å². The summed E-state index contributed by atoms with van der Waals surface area (Å²) in [7, 11) is 1.57. The van der Waals surface area contributed by atoms with E-state index < -0.39 is 5.97 Å². The van der Waals surface area contributed by atoms with Crippen LogP contribution in [0.1, 0.15) is 10.4 Å². The summed E-state index contributed by atoms with van der Waals surface area (Å²) in [5.74, 6) is 0.177. The predicted octanol–water partition coefficient (Wildman–Crippen LogP) is 3.09. The molecule has 0 aromatic heterocycles. The van der Waals surface area contributed by atoms with Gasteiger partial charge in [-0.3, -0.25) is 5.73 Å². The van der Waals surface area contributed by atoms with E-state index in [1.807, 2.05) is 6.07 Å². The van der Waals surface area contributed by atoms with Crippen LogP contribution >= 0.6 is 11.6 Å². The third-order valence-corrected chi connectivity index (χ3v) is 3.14. The fourth-order valence-corrected chi connectivity index (χ4v) is 2.16. The normalized spacial score (nSPS) is 10.2. The Morgan fingerprint density at radius 3 is 2.60 bits per heavy atom. The van der Waals surface area contributed by atoms with E-state index >= 15 is 0 Å². The lowest BCUT2D eigenvalue weighted by molar-refractivity contribution is 0.0516. The molecule has 2 aromatic rings. The molecule has 0 aliphatic carbocycles. The minimum absolute atomic E-state index is 0.163. The molecule has 2 rings (SSSR count). The van der Waals surface area contributed by atoms with Gasteiger partial charge in [0.1, 0.15) is 12.5 Å². The highest BCUT2D eigenvalue weighted by Gasteiger charge is 2.15. The molecule has 20 heavy (non-hydrogen) atoms. The van der Waals surface area contributed by atoms with E-state index in [-0.39, 0.29) is 6.73 Å². The lowest BCUT2D eigenvalue weighted by Gasteiger charge is -2.11. The summed E-state index contributed by atoms with van der Waals surface area (Å²) in [6, 6.07) is 12.3. The Kier molecular flexibility index (Phi) is 4.61. The van der Waals surface area contributed by atoms with Crippen LogP contribution in [-0.2, 0) is 4.74 Å². The molecule has 0 saturated heterocycles. The fraction of sp³-hybridized carbons (Fsp3) is 0.133. The van der Waals surface area contributed by atoms with Gasteiger partial charge in [-0.05, 0) is 29.8 Å². The van der Waals surface area contributed by atoms with Crippen molar-refractivity contribution in [3.8, 4) is 16.9 Å². The molecule has 0 unspecified atom stereocenters. The van der Waals surface area contributed by atoms with Crippen molar-refractivity contribution >= 4 is 17.6 Å². The summed E-state index contributed by atoms with van der Waals surface area (Å²) in [6.45, 7) is -0.163. The van der Waals surface area contributed by atoms with Gasteiger partial charge in [-0.1, -0.05) is 29.8 Å². The molecule has 0 fully saturated rings. The maximum absolute atomic E-state index is 11.9.